The fourth-order valence-electron chi connectivity index (χ4n) is 2.80. The summed E-state index contributed by atoms with van der Waals surface area (Å²) in [5, 5.41) is 11.1. The van der Waals surface area contributed by atoms with E-state index in [1.807, 2.05) is 24.7 Å². The van der Waals surface area contributed by atoms with Crippen molar-refractivity contribution in [3.63, 3.8) is 0 Å². The highest BCUT2D eigenvalue weighted by molar-refractivity contribution is 5.75. The molecular formula is C23H44N4O3. The number of nitrogens with zero attached hydrogens (tertiary/aromatic N) is 3. The number of hydrogen-bond acceptors (Lipinski definition) is 5. The Balaban J connectivity index is 2.38. The SMILES string of the molecule is CNC(=O)CCC(C)(C)OCCC(C)(C)OCc1cn(CCC(C)C(C)(C)C)nn1. The summed E-state index contributed by atoms with van der Waals surface area (Å²) in [6.07, 6.45) is 4.96. The van der Waals surface area contributed by atoms with Gasteiger partial charge in [0.2, 0.25) is 5.91 Å². The largest absolute Gasteiger partial charge is 0.375 e. The number of hydrogen-bond donors (Lipinski definition) is 1. The van der Waals surface area contributed by atoms with E-state index in [1.165, 1.54) is 0 Å². The minimum atomic E-state index is -0.338. The Morgan fingerprint density at radius 2 is 1.73 bits per heavy atom. The van der Waals surface area contributed by atoms with Crippen LogP contribution in [-0.4, -0.2) is 45.8 Å². The number of nitrogens with one attached hydrogen (secondary N) is 1. The Kier molecular flexibility index (Phi) is 9.95. The maximum Gasteiger partial charge on any atom is 0.219 e. The summed E-state index contributed by atoms with van der Waals surface area (Å²) in [5.74, 6) is 0.650. The van der Waals surface area contributed by atoms with Gasteiger partial charge in [0, 0.05) is 20.0 Å². The number of aromatic nitrogens is 3. The zero-order valence-electron chi connectivity index (χ0n) is 20.7. The fourth-order valence-corrected chi connectivity index (χ4v) is 2.80. The van der Waals surface area contributed by atoms with Gasteiger partial charge in [0.15, 0.2) is 0 Å². The number of aryl methyl sites for hydroxylation is 1. The van der Waals surface area contributed by atoms with Crippen molar-refractivity contribution in [1.29, 1.82) is 0 Å². The summed E-state index contributed by atoms with van der Waals surface area (Å²) in [4.78, 5) is 11.4. The Hall–Kier alpha value is -1.47. The minimum absolute atomic E-state index is 0.0382. The van der Waals surface area contributed by atoms with E-state index in [0.29, 0.717) is 37.4 Å². The van der Waals surface area contributed by atoms with Gasteiger partial charge >= 0.3 is 0 Å². The maximum atomic E-state index is 11.4. The van der Waals surface area contributed by atoms with Gasteiger partial charge in [-0.05, 0) is 58.3 Å². The first-order valence-corrected chi connectivity index (χ1v) is 11.1. The molecule has 1 rings (SSSR count). The molecular weight excluding hydrogens is 380 g/mol. The van der Waals surface area contributed by atoms with Gasteiger partial charge in [-0.3, -0.25) is 9.48 Å². The molecule has 0 saturated carbocycles. The van der Waals surface area contributed by atoms with Crippen LogP contribution in [0, 0.1) is 11.3 Å². The Morgan fingerprint density at radius 1 is 1.10 bits per heavy atom. The van der Waals surface area contributed by atoms with Crippen LogP contribution in [0.5, 0.6) is 0 Å². The van der Waals surface area contributed by atoms with E-state index in [-0.39, 0.29) is 17.1 Å². The lowest BCUT2D eigenvalue weighted by Crippen LogP contribution is -2.32. The van der Waals surface area contributed by atoms with Gasteiger partial charge in [-0.25, -0.2) is 0 Å². The molecule has 0 fully saturated rings. The van der Waals surface area contributed by atoms with E-state index < -0.39 is 0 Å². The average molecular weight is 425 g/mol. The van der Waals surface area contributed by atoms with Gasteiger partial charge in [-0.2, -0.15) is 0 Å². The van der Waals surface area contributed by atoms with E-state index in [9.17, 15) is 4.79 Å². The molecule has 1 aromatic heterocycles. The molecule has 0 radical (unpaired) electrons. The van der Waals surface area contributed by atoms with Crippen LogP contribution >= 0.6 is 0 Å². The van der Waals surface area contributed by atoms with Crippen LogP contribution < -0.4 is 5.32 Å². The molecule has 1 N–H and O–H groups in total. The summed E-state index contributed by atoms with van der Waals surface area (Å²) in [5.41, 5.74) is 0.477. The molecule has 1 heterocycles. The smallest absolute Gasteiger partial charge is 0.219 e. The maximum absolute atomic E-state index is 11.4. The van der Waals surface area contributed by atoms with Crippen molar-refractivity contribution in [3.05, 3.63) is 11.9 Å². The third kappa shape index (κ3) is 10.5. The van der Waals surface area contributed by atoms with Crippen LogP contribution in [0.1, 0.15) is 86.8 Å². The third-order valence-corrected chi connectivity index (χ3v) is 5.90. The number of carbonyl (C=O) groups excluding carboxylic acids is 1. The summed E-state index contributed by atoms with van der Waals surface area (Å²) in [6, 6.07) is 0. The second-order valence-corrected chi connectivity index (χ2v) is 10.6. The molecule has 1 atom stereocenters. The van der Waals surface area contributed by atoms with Crippen molar-refractivity contribution in [2.24, 2.45) is 11.3 Å². The lowest BCUT2D eigenvalue weighted by Gasteiger charge is -2.29. The van der Waals surface area contributed by atoms with Crippen LogP contribution in [0.15, 0.2) is 6.20 Å². The molecule has 7 nitrogen and oxygen atoms in total. The van der Waals surface area contributed by atoms with Gasteiger partial charge in [0.25, 0.3) is 0 Å². The highest BCUT2D eigenvalue weighted by atomic mass is 16.5. The number of amides is 1. The zero-order valence-corrected chi connectivity index (χ0v) is 20.7. The lowest BCUT2D eigenvalue weighted by molar-refractivity contribution is -0.123. The first-order chi connectivity index (χ1) is 13.7. The van der Waals surface area contributed by atoms with Gasteiger partial charge in [-0.1, -0.05) is 32.9 Å². The quantitative estimate of drug-likeness (QED) is 0.509. The first kappa shape index (κ1) is 26.6. The van der Waals surface area contributed by atoms with Gasteiger partial charge in [-0.15, -0.1) is 5.10 Å². The van der Waals surface area contributed by atoms with E-state index in [2.05, 4.69) is 57.2 Å². The second kappa shape index (κ2) is 11.2. The summed E-state index contributed by atoms with van der Waals surface area (Å²) in [7, 11) is 1.65. The van der Waals surface area contributed by atoms with E-state index in [4.69, 9.17) is 9.47 Å². The molecule has 0 aromatic carbocycles. The fraction of sp³-hybridized carbons (Fsp3) is 0.870. The third-order valence-electron chi connectivity index (χ3n) is 5.90. The summed E-state index contributed by atoms with van der Waals surface area (Å²) in [6.45, 7) is 19.1. The number of ether oxygens (including phenoxy) is 2. The molecule has 0 saturated heterocycles. The van der Waals surface area contributed by atoms with E-state index in [1.54, 1.807) is 7.05 Å². The number of carbonyl (C=O) groups is 1. The van der Waals surface area contributed by atoms with Crippen molar-refractivity contribution in [2.45, 2.75) is 105 Å². The second-order valence-electron chi connectivity index (χ2n) is 10.6. The average Bonchev–Trinajstić information content (AvgIpc) is 3.09. The van der Waals surface area contributed by atoms with E-state index in [0.717, 1.165) is 25.1 Å². The van der Waals surface area contributed by atoms with Gasteiger partial charge < -0.3 is 14.8 Å². The molecule has 1 aromatic rings. The molecule has 0 aliphatic carbocycles. The molecule has 0 bridgehead atoms. The topological polar surface area (TPSA) is 78.3 Å². The number of rotatable bonds is 13. The Labute approximate surface area is 183 Å². The molecule has 30 heavy (non-hydrogen) atoms. The molecule has 0 aliphatic heterocycles. The molecule has 7 heteroatoms. The molecule has 0 aliphatic rings. The zero-order chi connectivity index (χ0) is 23.0. The van der Waals surface area contributed by atoms with Crippen LogP contribution in [0.4, 0.5) is 0 Å². The molecule has 1 amide bonds. The monoisotopic (exact) mass is 424 g/mol. The summed E-state index contributed by atoms with van der Waals surface area (Å²) < 4.78 is 14.0. The van der Waals surface area contributed by atoms with Crippen LogP contribution in [0.2, 0.25) is 0 Å². The molecule has 174 valence electrons. The van der Waals surface area contributed by atoms with E-state index >= 15 is 0 Å². The normalized spacial score (nSPS) is 14.0. The predicted octanol–water partition coefficient (Wildman–Crippen LogP) is 4.36. The van der Waals surface area contributed by atoms with Crippen molar-refractivity contribution >= 4 is 5.91 Å². The molecule has 0 spiro atoms. The van der Waals surface area contributed by atoms with Crippen molar-refractivity contribution in [2.75, 3.05) is 13.7 Å². The Bertz CT molecular complexity index is 647. The standard InChI is InChI=1S/C23H44N4O3/c1-18(21(2,3)4)11-14-27-16-19(25-26-27)17-30-23(7,8)13-15-29-22(5,6)12-10-20(28)24-9/h16,18H,10-15,17H2,1-9H3,(H,24,28). The van der Waals surface area contributed by atoms with Crippen LogP contribution in [0.25, 0.3) is 0 Å². The Morgan fingerprint density at radius 3 is 2.33 bits per heavy atom. The predicted molar refractivity (Wildman–Crippen MR) is 120 cm³/mol. The lowest BCUT2D eigenvalue weighted by atomic mass is 9.80. The van der Waals surface area contributed by atoms with Crippen molar-refractivity contribution < 1.29 is 14.3 Å². The van der Waals surface area contributed by atoms with Crippen LogP contribution in [-0.2, 0) is 27.4 Å². The first-order valence-electron chi connectivity index (χ1n) is 11.1. The highest BCUT2D eigenvalue weighted by Gasteiger charge is 2.24. The van der Waals surface area contributed by atoms with Crippen molar-refractivity contribution in [1.82, 2.24) is 20.3 Å². The highest BCUT2D eigenvalue weighted by Crippen LogP contribution is 2.28. The molecule has 1 unspecified atom stereocenters. The van der Waals surface area contributed by atoms with Crippen LogP contribution in [0.3, 0.4) is 0 Å². The summed E-state index contributed by atoms with van der Waals surface area (Å²) >= 11 is 0. The minimum Gasteiger partial charge on any atom is -0.375 e. The van der Waals surface area contributed by atoms with Crippen molar-refractivity contribution in [3.8, 4) is 0 Å². The van der Waals surface area contributed by atoms with Gasteiger partial charge in [0.1, 0.15) is 5.69 Å². The van der Waals surface area contributed by atoms with Gasteiger partial charge in [0.05, 0.1) is 30.6 Å².